The van der Waals surface area contributed by atoms with Crippen molar-refractivity contribution in [2.24, 2.45) is 5.73 Å². The zero-order valence-electron chi connectivity index (χ0n) is 24.6. The van der Waals surface area contributed by atoms with Crippen LogP contribution in [0.25, 0.3) is 0 Å². The second-order valence-corrected chi connectivity index (χ2v) is 11.5. The number of aryl methyl sites for hydroxylation is 1. The van der Waals surface area contributed by atoms with Gasteiger partial charge in [-0.3, -0.25) is 24.1 Å². The number of nitrogens with zero attached hydrogens (tertiary/aromatic N) is 2. The molecule has 4 rings (SSSR count). The average Bonchev–Trinajstić information content (AvgIpc) is 3.35. The van der Waals surface area contributed by atoms with Crippen molar-refractivity contribution in [3.63, 3.8) is 0 Å². The molecule has 2 saturated heterocycles. The summed E-state index contributed by atoms with van der Waals surface area (Å²) in [7, 11) is 0. The SMILES string of the molecule is CCOC(=O)CC[C@H](C(=O)NCc1ccc(Cl)c(Cl)c1F)N1CCC(CCc2ccccc2)N2C[C@H](N)C[C@H]2C1=O.O=CO. The first-order valence-electron chi connectivity index (χ1n) is 14.6. The summed E-state index contributed by atoms with van der Waals surface area (Å²) < 4.78 is 19.7. The van der Waals surface area contributed by atoms with Crippen LogP contribution in [0.2, 0.25) is 10.0 Å². The molecule has 4 N–H and O–H groups in total. The van der Waals surface area contributed by atoms with Crippen LogP contribution in [0.4, 0.5) is 4.39 Å². The van der Waals surface area contributed by atoms with Crippen LogP contribution in [0.1, 0.15) is 50.2 Å². The van der Waals surface area contributed by atoms with Crippen LogP contribution in [0.3, 0.4) is 0 Å². The Morgan fingerprint density at radius 2 is 1.93 bits per heavy atom. The smallest absolute Gasteiger partial charge is 0.305 e. The molecule has 0 aliphatic carbocycles. The predicted molar refractivity (Wildman–Crippen MR) is 165 cm³/mol. The molecule has 44 heavy (non-hydrogen) atoms. The highest BCUT2D eigenvalue weighted by molar-refractivity contribution is 6.42. The number of fused-ring (bicyclic) bond motifs is 1. The number of ether oxygens (including phenoxy) is 1. The Labute approximate surface area is 266 Å². The maximum Gasteiger partial charge on any atom is 0.305 e. The third-order valence-corrected chi connectivity index (χ3v) is 8.68. The van der Waals surface area contributed by atoms with Crippen LogP contribution in [-0.2, 0) is 36.9 Å². The summed E-state index contributed by atoms with van der Waals surface area (Å²) in [4.78, 5) is 51.9. The summed E-state index contributed by atoms with van der Waals surface area (Å²) in [6.07, 6.45) is 2.91. The number of halogens is 3. The largest absolute Gasteiger partial charge is 0.483 e. The molecule has 10 nitrogen and oxygen atoms in total. The Kier molecular flexibility index (Phi) is 13.8. The Morgan fingerprint density at radius 1 is 1.23 bits per heavy atom. The van der Waals surface area contributed by atoms with Gasteiger partial charge in [0.05, 0.1) is 22.7 Å². The predicted octanol–water partition coefficient (Wildman–Crippen LogP) is 3.80. The van der Waals surface area contributed by atoms with Gasteiger partial charge in [-0.1, -0.05) is 59.6 Å². The quantitative estimate of drug-likeness (QED) is 0.189. The van der Waals surface area contributed by atoms with Crippen molar-refractivity contribution in [3.8, 4) is 0 Å². The fraction of sp³-hybridized carbons (Fsp3) is 0.484. The van der Waals surface area contributed by atoms with Gasteiger partial charge in [-0.15, -0.1) is 0 Å². The molecule has 2 fully saturated rings. The number of carboxylic acid groups (broad SMARTS) is 1. The molecule has 2 heterocycles. The molecule has 1 unspecified atom stereocenters. The molecule has 2 aliphatic heterocycles. The molecule has 2 aliphatic rings. The lowest BCUT2D eigenvalue weighted by Crippen LogP contribution is -2.53. The van der Waals surface area contributed by atoms with Crippen molar-refractivity contribution in [3.05, 3.63) is 69.5 Å². The average molecular weight is 654 g/mol. The van der Waals surface area contributed by atoms with E-state index >= 15 is 0 Å². The number of nitrogens with two attached hydrogens (primary N) is 1. The number of nitrogens with one attached hydrogen (secondary N) is 1. The van der Waals surface area contributed by atoms with E-state index < -0.39 is 29.8 Å². The van der Waals surface area contributed by atoms with Crippen LogP contribution in [0.15, 0.2) is 42.5 Å². The highest BCUT2D eigenvalue weighted by atomic mass is 35.5. The molecule has 4 atom stereocenters. The number of carbonyl (C=O) groups is 4. The summed E-state index contributed by atoms with van der Waals surface area (Å²) in [6, 6.07) is 11.7. The topological polar surface area (TPSA) is 142 Å². The summed E-state index contributed by atoms with van der Waals surface area (Å²) in [6.45, 7) is 2.48. The summed E-state index contributed by atoms with van der Waals surface area (Å²) in [5.74, 6) is -1.83. The minimum atomic E-state index is -0.940. The maximum absolute atomic E-state index is 14.6. The van der Waals surface area contributed by atoms with Gasteiger partial charge in [-0.25, -0.2) is 4.39 Å². The number of carbonyl (C=O) groups excluding carboxylic acids is 3. The molecule has 0 aromatic heterocycles. The zero-order valence-corrected chi connectivity index (χ0v) is 26.1. The van der Waals surface area contributed by atoms with Crippen molar-refractivity contribution >= 4 is 47.5 Å². The Hall–Kier alpha value is -3.25. The van der Waals surface area contributed by atoms with E-state index in [1.807, 2.05) is 18.2 Å². The second kappa shape index (κ2) is 17.3. The lowest BCUT2D eigenvalue weighted by Gasteiger charge is -2.32. The number of esters is 1. The molecule has 0 spiro atoms. The van der Waals surface area contributed by atoms with Gasteiger partial charge in [0.1, 0.15) is 11.9 Å². The Balaban J connectivity index is 0.00000169. The van der Waals surface area contributed by atoms with Gasteiger partial charge in [-0.2, -0.15) is 0 Å². The van der Waals surface area contributed by atoms with Crippen molar-refractivity contribution in [2.75, 3.05) is 19.7 Å². The molecule has 240 valence electrons. The number of rotatable bonds is 11. The third kappa shape index (κ3) is 9.37. The molecule has 2 amide bonds. The molecule has 2 aromatic carbocycles. The second-order valence-electron chi connectivity index (χ2n) is 10.7. The van der Waals surface area contributed by atoms with Gasteiger partial charge in [0.25, 0.3) is 6.47 Å². The van der Waals surface area contributed by atoms with E-state index in [4.69, 9.17) is 43.6 Å². The summed E-state index contributed by atoms with van der Waals surface area (Å²) >= 11 is 11.8. The number of benzene rings is 2. The van der Waals surface area contributed by atoms with E-state index in [9.17, 15) is 18.8 Å². The first-order valence-corrected chi connectivity index (χ1v) is 15.4. The number of hydrogen-bond donors (Lipinski definition) is 3. The molecular formula is C31H39Cl2FN4O6. The van der Waals surface area contributed by atoms with E-state index in [0.29, 0.717) is 25.9 Å². The van der Waals surface area contributed by atoms with E-state index in [1.165, 1.54) is 17.7 Å². The van der Waals surface area contributed by atoms with E-state index in [1.54, 1.807) is 11.8 Å². The van der Waals surface area contributed by atoms with Gasteiger partial charge >= 0.3 is 5.97 Å². The minimum Gasteiger partial charge on any atom is -0.483 e. The van der Waals surface area contributed by atoms with E-state index in [0.717, 1.165) is 12.8 Å². The van der Waals surface area contributed by atoms with Gasteiger partial charge in [-0.05, 0) is 50.7 Å². The van der Waals surface area contributed by atoms with Gasteiger partial charge in [0.2, 0.25) is 11.8 Å². The molecule has 2 aromatic rings. The summed E-state index contributed by atoms with van der Waals surface area (Å²) in [5.41, 5.74) is 7.71. The normalized spacial score (nSPS) is 20.5. The lowest BCUT2D eigenvalue weighted by molar-refractivity contribution is -0.147. The highest BCUT2D eigenvalue weighted by Gasteiger charge is 2.45. The monoisotopic (exact) mass is 652 g/mol. The molecule has 0 bridgehead atoms. The van der Waals surface area contributed by atoms with Crippen LogP contribution < -0.4 is 11.1 Å². The van der Waals surface area contributed by atoms with Crippen LogP contribution in [0, 0.1) is 5.82 Å². The standard InChI is InChI=1S/C30H37Cl2FN4O4.CH2O2/c1-2-41-26(38)13-12-24(29(39)35-17-20-9-11-23(31)27(32)28(20)33)36-15-14-22(10-8-19-6-4-3-5-7-19)37-18-21(34)16-25(37)30(36)40;2-1-3/h3-7,9,11,21-22,24-25H,2,8,10,12-18,34H2,1H3,(H,35,39);1H,(H,2,3)/t21-,22?,24-,25+;/m1./s1. The van der Waals surface area contributed by atoms with Crippen molar-refractivity contribution in [1.29, 1.82) is 0 Å². The van der Waals surface area contributed by atoms with Crippen molar-refractivity contribution in [2.45, 2.75) is 76.2 Å². The fourth-order valence-corrected chi connectivity index (χ4v) is 6.14. The third-order valence-electron chi connectivity index (χ3n) is 7.90. The van der Waals surface area contributed by atoms with Gasteiger partial charge in [0, 0.05) is 43.7 Å². The van der Waals surface area contributed by atoms with Crippen molar-refractivity contribution in [1.82, 2.24) is 15.1 Å². The fourth-order valence-electron chi connectivity index (χ4n) is 5.81. The van der Waals surface area contributed by atoms with E-state index in [-0.39, 0.29) is 66.1 Å². The van der Waals surface area contributed by atoms with Crippen LogP contribution in [-0.4, -0.2) is 83.0 Å². The van der Waals surface area contributed by atoms with Gasteiger partial charge < -0.3 is 25.8 Å². The first-order chi connectivity index (χ1) is 21.1. The Bertz CT molecular complexity index is 1290. The number of hydrogen-bond acceptors (Lipinski definition) is 7. The minimum absolute atomic E-state index is 0.0395. The maximum atomic E-state index is 14.6. The Morgan fingerprint density at radius 3 is 2.61 bits per heavy atom. The highest BCUT2D eigenvalue weighted by Crippen LogP contribution is 2.31. The van der Waals surface area contributed by atoms with Crippen molar-refractivity contribution < 1.29 is 33.4 Å². The lowest BCUT2D eigenvalue weighted by atomic mass is 10.0. The van der Waals surface area contributed by atoms with E-state index in [2.05, 4.69) is 22.3 Å². The van der Waals surface area contributed by atoms with Crippen LogP contribution >= 0.6 is 23.2 Å². The van der Waals surface area contributed by atoms with Gasteiger partial charge in [0.15, 0.2) is 0 Å². The summed E-state index contributed by atoms with van der Waals surface area (Å²) in [5, 5.41) is 9.48. The number of amides is 2. The molecular weight excluding hydrogens is 614 g/mol. The van der Waals surface area contributed by atoms with Crippen LogP contribution in [0.5, 0.6) is 0 Å². The molecule has 0 saturated carbocycles. The molecule has 13 heteroatoms. The zero-order chi connectivity index (χ0) is 32.2. The first kappa shape index (κ1) is 35.2. The molecule has 0 radical (unpaired) electrons.